The summed E-state index contributed by atoms with van der Waals surface area (Å²) in [6.07, 6.45) is 0.513. The van der Waals surface area contributed by atoms with Gasteiger partial charge in [0.2, 0.25) is 0 Å². The quantitative estimate of drug-likeness (QED) is 0.349. The summed E-state index contributed by atoms with van der Waals surface area (Å²) in [6.45, 7) is 0. The van der Waals surface area contributed by atoms with Gasteiger partial charge in [0.15, 0.2) is 11.5 Å². The Hall–Kier alpha value is -3.48. The van der Waals surface area contributed by atoms with E-state index in [0.717, 1.165) is 5.56 Å². The van der Waals surface area contributed by atoms with Gasteiger partial charge in [0.25, 0.3) is 10.9 Å². The Morgan fingerprint density at radius 1 is 0.871 bits per heavy atom. The molecule has 0 aliphatic heterocycles. The second kappa shape index (κ2) is 8.34. The van der Waals surface area contributed by atoms with Gasteiger partial charge in [-0.05, 0) is 35.9 Å². The predicted octanol–water partition coefficient (Wildman–Crippen LogP) is 5.13. The Kier molecular flexibility index (Phi) is 5.59. The minimum Gasteiger partial charge on any atom is -0.508 e. The molecule has 0 aromatic heterocycles. The number of anilines is 2. The molecule has 0 spiro atoms. The molecule has 4 rings (SSSR count). The first-order valence-electron chi connectivity index (χ1n) is 9.15. The van der Waals surface area contributed by atoms with Crippen LogP contribution in [-0.4, -0.2) is 10.2 Å². The molecule has 0 atom stereocenters. The van der Waals surface area contributed by atoms with Crippen molar-refractivity contribution in [1.29, 1.82) is 0 Å². The maximum Gasteiger partial charge on any atom is 0.271 e. The second-order valence-electron chi connectivity index (χ2n) is 6.83. The lowest BCUT2D eigenvalue weighted by Crippen LogP contribution is -2.32. The molecule has 6 nitrogen and oxygen atoms in total. The molecule has 0 radical (unpaired) electrons. The Morgan fingerprint density at radius 3 is 2.19 bits per heavy atom. The van der Waals surface area contributed by atoms with Crippen LogP contribution in [0.1, 0.15) is 11.1 Å². The number of rotatable bonds is 6. The van der Waals surface area contributed by atoms with Crippen LogP contribution in [0.25, 0.3) is 0 Å². The average molecular weight is 456 g/mol. The topological polar surface area (TPSA) is 95.9 Å². The Morgan fingerprint density at radius 2 is 1.55 bits per heavy atom. The van der Waals surface area contributed by atoms with Crippen LogP contribution in [-0.2, 0) is 6.42 Å². The molecule has 0 heterocycles. The fourth-order valence-corrected chi connectivity index (χ4v) is 3.63. The molecular weight excluding hydrogens is 441 g/mol. The highest BCUT2D eigenvalue weighted by molar-refractivity contribution is 6.37. The van der Waals surface area contributed by atoms with Gasteiger partial charge in [0.05, 0.1) is 10.0 Å². The van der Waals surface area contributed by atoms with Crippen molar-refractivity contribution in [2.45, 2.75) is 6.42 Å². The van der Waals surface area contributed by atoms with Crippen LogP contribution >= 0.6 is 23.2 Å². The fourth-order valence-electron chi connectivity index (χ4n) is 3.07. The number of hydrogen-bond acceptors (Lipinski definition) is 6. The lowest BCUT2D eigenvalue weighted by atomic mass is 10.0. The maximum atomic E-state index is 11.5. The Balaban J connectivity index is 1.57. The molecular formula is C23H15Cl2NO5. The smallest absolute Gasteiger partial charge is 0.271 e. The summed E-state index contributed by atoms with van der Waals surface area (Å²) in [5.41, 5.74) is 0.0290. The van der Waals surface area contributed by atoms with Gasteiger partial charge in [-0.1, -0.05) is 53.5 Å². The first kappa shape index (κ1) is 20.8. The normalized spacial score (nSPS) is 10.9. The first-order chi connectivity index (χ1) is 14.8. The van der Waals surface area contributed by atoms with Crippen molar-refractivity contribution in [2.75, 3.05) is 5.32 Å². The van der Waals surface area contributed by atoms with Crippen molar-refractivity contribution < 1.29 is 14.9 Å². The predicted molar refractivity (Wildman–Crippen MR) is 120 cm³/mol. The van der Waals surface area contributed by atoms with E-state index >= 15 is 0 Å². The van der Waals surface area contributed by atoms with Crippen LogP contribution < -0.4 is 20.9 Å². The lowest BCUT2D eigenvalue weighted by molar-refractivity contribution is 0.459. The van der Waals surface area contributed by atoms with Crippen molar-refractivity contribution in [2.24, 2.45) is 0 Å². The van der Waals surface area contributed by atoms with Gasteiger partial charge in [-0.25, -0.2) is 0 Å². The molecule has 3 N–H and O–H groups in total. The van der Waals surface area contributed by atoms with Crippen LogP contribution in [0.2, 0.25) is 10.0 Å². The van der Waals surface area contributed by atoms with E-state index in [4.69, 9.17) is 27.9 Å². The second-order valence-corrected chi connectivity index (χ2v) is 7.65. The van der Waals surface area contributed by atoms with Crippen molar-refractivity contribution in [1.82, 2.24) is 0 Å². The third-order valence-corrected chi connectivity index (χ3v) is 5.22. The standard InChI is InChI=1S/C23H15Cl2NO5/c24-16-10-14(26-19-20(28)22(30)21(19)29)11-17(25)23(16)31-15-6-7-18(27)13(9-15)8-12-4-2-1-3-5-12/h1-7,9-11,26-28H,8H2. The van der Waals surface area contributed by atoms with Crippen molar-refractivity contribution in [3.8, 4) is 23.0 Å². The molecule has 0 aliphatic carbocycles. The average Bonchev–Trinajstić information content (AvgIpc) is 2.76. The molecule has 0 bridgehead atoms. The van der Waals surface area contributed by atoms with Crippen LogP contribution in [0.5, 0.6) is 23.0 Å². The number of halogens is 2. The van der Waals surface area contributed by atoms with Gasteiger partial charge in [0, 0.05) is 17.7 Å². The molecule has 0 aliphatic rings. The molecule has 0 unspecified atom stereocenters. The summed E-state index contributed by atoms with van der Waals surface area (Å²) in [5, 5.41) is 22.6. The van der Waals surface area contributed by atoms with E-state index in [2.05, 4.69) is 5.32 Å². The summed E-state index contributed by atoms with van der Waals surface area (Å²) in [4.78, 5) is 22.6. The van der Waals surface area contributed by atoms with Gasteiger partial charge in [0.1, 0.15) is 17.2 Å². The number of benzene rings is 3. The van der Waals surface area contributed by atoms with E-state index in [9.17, 15) is 19.8 Å². The van der Waals surface area contributed by atoms with E-state index in [-0.39, 0.29) is 27.2 Å². The zero-order valence-electron chi connectivity index (χ0n) is 15.9. The van der Waals surface area contributed by atoms with Gasteiger partial charge in [-0.15, -0.1) is 0 Å². The lowest BCUT2D eigenvalue weighted by Gasteiger charge is -2.14. The van der Waals surface area contributed by atoms with E-state index in [1.54, 1.807) is 12.1 Å². The largest absolute Gasteiger partial charge is 0.508 e. The SMILES string of the molecule is O=c1c(O)c(Nc2cc(Cl)c(Oc3ccc(O)c(Cc4ccccc4)c3)c(Cl)c2)c1=O. The number of aromatic hydroxyl groups is 2. The third-order valence-electron chi connectivity index (χ3n) is 4.66. The molecule has 4 aromatic rings. The summed E-state index contributed by atoms with van der Waals surface area (Å²) < 4.78 is 5.85. The molecule has 0 fully saturated rings. The van der Waals surface area contributed by atoms with Crippen LogP contribution in [0, 0.1) is 0 Å². The van der Waals surface area contributed by atoms with Gasteiger partial charge in [-0.2, -0.15) is 0 Å². The summed E-state index contributed by atoms with van der Waals surface area (Å²) in [5.74, 6) is 0.112. The molecule has 156 valence electrons. The van der Waals surface area contributed by atoms with E-state index in [1.807, 2.05) is 30.3 Å². The zero-order chi connectivity index (χ0) is 22.1. The molecule has 0 amide bonds. The monoisotopic (exact) mass is 455 g/mol. The maximum absolute atomic E-state index is 11.5. The Bertz CT molecular complexity index is 1320. The van der Waals surface area contributed by atoms with E-state index in [1.165, 1.54) is 18.2 Å². The number of ether oxygens (including phenoxy) is 1. The highest BCUT2D eigenvalue weighted by Gasteiger charge is 2.21. The van der Waals surface area contributed by atoms with Crippen LogP contribution in [0.15, 0.2) is 70.3 Å². The summed E-state index contributed by atoms with van der Waals surface area (Å²) in [6, 6.07) is 17.4. The highest BCUT2D eigenvalue weighted by atomic mass is 35.5. The van der Waals surface area contributed by atoms with Crippen molar-refractivity contribution in [3.05, 3.63) is 102 Å². The zero-order valence-corrected chi connectivity index (χ0v) is 17.4. The molecule has 4 aromatic carbocycles. The number of nitrogens with one attached hydrogen (secondary N) is 1. The van der Waals surface area contributed by atoms with Crippen LogP contribution in [0.3, 0.4) is 0 Å². The van der Waals surface area contributed by atoms with Gasteiger partial charge in [-0.3, -0.25) is 9.59 Å². The molecule has 0 saturated heterocycles. The molecule has 0 saturated carbocycles. The number of phenolic OH excluding ortho intramolecular Hbond substituents is 1. The van der Waals surface area contributed by atoms with Gasteiger partial charge < -0.3 is 20.3 Å². The van der Waals surface area contributed by atoms with E-state index in [0.29, 0.717) is 23.4 Å². The molecule has 31 heavy (non-hydrogen) atoms. The Labute approximate surface area is 186 Å². The summed E-state index contributed by atoms with van der Waals surface area (Å²) in [7, 11) is 0. The van der Waals surface area contributed by atoms with E-state index < -0.39 is 16.6 Å². The van der Waals surface area contributed by atoms with Crippen LogP contribution in [0.4, 0.5) is 11.4 Å². The van der Waals surface area contributed by atoms with Gasteiger partial charge >= 0.3 is 0 Å². The minimum atomic E-state index is -0.946. The number of phenols is 1. The third kappa shape index (κ3) is 4.21. The molecule has 8 heteroatoms. The van der Waals surface area contributed by atoms with Crippen molar-refractivity contribution in [3.63, 3.8) is 0 Å². The highest BCUT2D eigenvalue weighted by Crippen LogP contribution is 2.40. The minimum absolute atomic E-state index is 0.140. The summed E-state index contributed by atoms with van der Waals surface area (Å²) >= 11 is 12.6. The van der Waals surface area contributed by atoms with Crippen molar-refractivity contribution >= 4 is 34.6 Å². The fraction of sp³-hybridized carbons (Fsp3) is 0.0435. The number of hydrogen-bond donors (Lipinski definition) is 3. The first-order valence-corrected chi connectivity index (χ1v) is 9.91.